The third-order valence-corrected chi connectivity index (χ3v) is 1.29. The lowest BCUT2D eigenvalue weighted by atomic mass is 10.4. The molecule has 4 heteroatoms. The average Bonchev–Trinajstić information content (AvgIpc) is 2.01. The van der Waals surface area contributed by atoms with E-state index in [1.54, 1.807) is 4.90 Å². The molecule has 0 fully saturated rings. The summed E-state index contributed by atoms with van der Waals surface area (Å²) in [6.45, 7) is 1.41. The van der Waals surface area contributed by atoms with E-state index in [0.29, 0.717) is 26.0 Å². The lowest BCUT2D eigenvalue weighted by Gasteiger charge is -2.17. The number of hydrogen-bond acceptors (Lipinski definition) is 3. The molecule has 3 nitrogen and oxygen atoms in total. The molecular formula is C7H14FNO2. The third kappa shape index (κ3) is 5.97. The summed E-state index contributed by atoms with van der Waals surface area (Å²) < 4.78 is 11.5. The summed E-state index contributed by atoms with van der Waals surface area (Å²) >= 11 is 0. The quantitative estimate of drug-likeness (QED) is 0.567. The van der Waals surface area contributed by atoms with Crippen LogP contribution in [0.1, 0.15) is 0 Å². The van der Waals surface area contributed by atoms with Gasteiger partial charge in [0, 0.05) is 19.6 Å². The molecule has 0 amide bonds. The molecule has 0 rings (SSSR count). The molecule has 0 saturated heterocycles. The zero-order chi connectivity index (χ0) is 8.53. The van der Waals surface area contributed by atoms with Crippen LogP contribution in [-0.4, -0.2) is 48.0 Å². The topological polar surface area (TPSA) is 43.7 Å². The Balaban J connectivity index is 3.50. The highest BCUT2D eigenvalue weighted by atomic mass is 19.1. The summed E-state index contributed by atoms with van der Waals surface area (Å²) in [5, 5.41) is 17.0. The minimum atomic E-state index is 0.0279. The van der Waals surface area contributed by atoms with Crippen LogP contribution in [0.2, 0.25) is 0 Å². The monoisotopic (exact) mass is 163 g/mol. The van der Waals surface area contributed by atoms with Crippen molar-refractivity contribution in [2.75, 3.05) is 32.8 Å². The molecule has 2 N–H and O–H groups in total. The second-order valence-corrected chi connectivity index (χ2v) is 2.11. The van der Waals surface area contributed by atoms with E-state index in [4.69, 9.17) is 10.2 Å². The molecule has 0 saturated carbocycles. The van der Waals surface area contributed by atoms with Gasteiger partial charge in [-0.15, -0.1) is 0 Å². The van der Waals surface area contributed by atoms with Crippen molar-refractivity contribution in [2.24, 2.45) is 0 Å². The van der Waals surface area contributed by atoms with Crippen molar-refractivity contribution >= 4 is 0 Å². The van der Waals surface area contributed by atoms with Crippen LogP contribution < -0.4 is 0 Å². The molecule has 11 heavy (non-hydrogen) atoms. The van der Waals surface area contributed by atoms with Crippen LogP contribution in [0.5, 0.6) is 0 Å². The molecule has 0 atom stereocenters. The van der Waals surface area contributed by atoms with Gasteiger partial charge in [-0.05, 0) is 6.08 Å². The largest absolute Gasteiger partial charge is 0.395 e. The van der Waals surface area contributed by atoms with E-state index in [2.05, 4.69) is 0 Å². The molecule has 66 valence electrons. The smallest absolute Gasteiger partial charge is 0.0839 e. The maximum atomic E-state index is 11.5. The standard InChI is InChI=1S/C7H14FNO2/c8-2-1-3-9(4-6-10)5-7-11/h1-2,10-11H,3-7H2. The van der Waals surface area contributed by atoms with E-state index in [9.17, 15) is 4.39 Å². The van der Waals surface area contributed by atoms with Gasteiger partial charge in [0.2, 0.25) is 0 Å². The third-order valence-electron chi connectivity index (χ3n) is 1.29. The van der Waals surface area contributed by atoms with Gasteiger partial charge in [-0.1, -0.05) is 0 Å². The van der Waals surface area contributed by atoms with Crippen LogP contribution in [-0.2, 0) is 0 Å². The Morgan fingerprint density at radius 3 is 2.09 bits per heavy atom. The Morgan fingerprint density at radius 2 is 1.73 bits per heavy atom. The average molecular weight is 163 g/mol. The number of halogens is 1. The van der Waals surface area contributed by atoms with Crippen molar-refractivity contribution in [2.45, 2.75) is 0 Å². The maximum Gasteiger partial charge on any atom is 0.0839 e. The Morgan fingerprint density at radius 1 is 1.18 bits per heavy atom. The first-order valence-electron chi connectivity index (χ1n) is 3.54. The number of hydrogen-bond donors (Lipinski definition) is 2. The predicted octanol–water partition coefficient (Wildman–Crippen LogP) is -0.244. The first-order valence-corrected chi connectivity index (χ1v) is 3.54. The molecule has 0 aliphatic rings. The summed E-state index contributed by atoms with van der Waals surface area (Å²) in [7, 11) is 0. The van der Waals surface area contributed by atoms with E-state index in [0.717, 1.165) is 0 Å². The highest BCUT2D eigenvalue weighted by Gasteiger charge is 1.99. The number of rotatable bonds is 6. The molecule has 0 radical (unpaired) electrons. The minimum Gasteiger partial charge on any atom is -0.395 e. The molecule has 0 unspecified atom stereocenters. The van der Waals surface area contributed by atoms with Crippen LogP contribution >= 0.6 is 0 Å². The van der Waals surface area contributed by atoms with Crippen LogP contribution in [0, 0.1) is 0 Å². The van der Waals surface area contributed by atoms with Crippen LogP contribution in [0.4, 0.5) is 4.39 Å². The Kier molecular flexibility index (Phi) is 7.34. The lowest BCUT2D eigenvalue weighted by Crippen LogP contribution is -2.29. The molecule has 0 aromatic carbocycles. The fourth-order valence-corrected chi connectivity index (χ4v) is 0.766. The van der Waals surface area contributed by atoms with E-state index in [1.165, 1.54) is 6.08 Å². The van der Waals surface area contributed by atoms with E-state index in [-0.39, 0.29) is 13.2 Å². The summed E-state index contributed by atoms with van der Waals surface area (Å²) in [6.07, 6.45) is 1.80. The summed E-state index contributed by atoms with van der Waals surface area (Å²) in [5.74, 6) is 0. The number of aliphatic hydroxyl groups is 2. The van der Waals surface area contributed by atoms with Crippen LogP contribution in [0.3, 0.4) is 0 Å². The van der Waals surface area contributed by atoms with Gasteiger partial charge in [0.15, 0.2) is 0 Å². The van der Waals surface area contributed by atoms with Crippen LogP contribution in [0.25, 0.3) is 0 Å². The van der Waals surface area contributed by atoms with Gasteiger partial charge in [0.05, 0.1) is 19.5 Å². The predicted molar refractivity (Wildman–Crippen MR) is 40.9 cm³/mol. The maximum absolute atomic E-state index is 11.5. The van der Waals surface area contributed by atoms with Gasteiger partial charge >= 0.3 is 0 Å². The lowest BCUT2D eigenvalue weighted by molar-refractivity contribution is 0.172. The summed E-state index contributed by atoms with van der Waals surface area (Å²) in [6, 6.07) is 0. The fraction of sp³-hybridized carbons (Fsp3) is 0.714. The SMILES string of the molecule is OCCN(CC=CF)CCO. The normalized spacial score (nSPS) is 11.6. The summed E-state index contributed by atoms with van der Waals surface area (Å²) in [5.41, 5.74) is 0. The first kappa shape index (κ1) is 10.6. The van der Waals surface area contributed by atoms with Gasteiger partial charge in [0.25, 0.3) is 0 Å². The minimum absolute atomic E-state index is 0.0279. The van der Waals surface area contributed by atoms with Crippen molar-refractivity contribution in [3.05, 3.63) is 12.4 Å². The highest BCUT2D eigenvalue weighted by Crippen LogP contribution is 1.87. The second-order valence-electron chi connectivity index (χ2n) is 2.11. The second kappa shape index (κ2) is 7.65. The molecule has 0 aliphatic carbocycles. The van der Waals surface area contributed by atoms with Crippen LogP contribution in [0.15, 0.2) is 12.4 Å². The zero-order valence-electron chi connectivity index (χ0n) is 6.41. The van der Waals surface area contributed by atoms with Gasteiger partial charge in [-0.2, -0.15) is 0 Å². The van der Waals surface area contributed by atoms with Crippen molar-refractivity contribution in [1.82, 2.24) is 4.90 Å². The van der Waals surface area contributed by atoms with Gasteiger partial charge < -0.3 is 10.2 Å². The molecule has 0 aliphatic heterocycles. The van der Waals surface area contributed by atoms with Crippen molar-refractivity contribution < 1.29 is 14.6 Å². The van der Waals surface area contributed by atoms with Crippen molar-refractivity contribution in [1.29, 1.82) is 0 Å². The summed E-state index contributed by atoms with van der Waals surface area (Å²) in [4.78, 5) is 1.75. The molecule has 0 aromatic heterocycles. The first-order chi connectivity index (χ1) is 5.35. The molecule has 0 aromatic rings. The van der Waals surface area contributed by atoms with Crippen molar-refractivity contribution in [3.8, 4) is 0 Å². The highest BCUT2D eigenvalue weighted by molar-refractivity contribution is 4.77. The van der Waals surface area contributed by atoms with Gasteiger partial charge in [-0.25, -0.2) is 4.39 Å². The molecule has 0 spiro atoms. The van der Waals surface area contributed by atoms with Gasteiger partial charge in [0.1, 0.15) is 0 Å². The van der Waals surface area contributed by atoms with E-state index < -0.39 is 0 Å². The van der Waals surface area contributed by atoms with Crippen molar-refractivity contribution in [3.63, 3.8) is 0 Å². The Hall–Kier alpha value is -0.450. The zero-order valence-corrected chi connectivity index (χ0v) is 6.41. The van der Waals surface area contributed by atoms with E-state index >= 15 is 0 Å². The molecule has 0 bridgehead atoms. The molecular weight excluding hydrogens is 149 g/mol. The Bertz CT molecular complexity index is 103. The Labute approximate surface area is 65.8 Å². The number of nitrogens with zero attached hydrogens (tertiary/aromatic N) is 1. The fourth-order valence-electron chi connectivity index (χ4n) is 0.766. The number of aliphatic hydroxyl groups excluding tert-OH is 2. The van der Waals surface area contributed by atoms with Gasteiger partial charge in [-0.3, -0.25) is 4.90 Å². The van der Waals surface area contributed by atoms with E-state index in [1.807, 2.05) is 0 Å². The molecule has 0 heterocycles.